The summed E-state index contributed by atoms with van der Waals surface area (Å²) in [6.45, 7) is 5.13. The Labute approximate surface area is 139 Å². The molecule has 2 aromatic heterocycles. The lowest BCUT2D eigenvalue weighted by Crippen LogP contribution is -2.38. The van der Waals surface area contributed by atoms with E-state index >= 15 is 0 Å². The lowest BCUT2D eigenvalue weighted by Gasteiger charge is -2.26. The van der Waals surface area contributed by atoms with Crippen LogP contribution in [-0.2, 0) is 9.53 Å². The Hall–Kier alpha value is -2.51. The Kier molecular flexibility index (Phi) is 4.73. The smallest absolute Gasteiger partial charge is 0.342 e. The molecule has 0 unspecified atom stereocenters. The molecule has 1 saturated heterocycles. The zero-order valence-corrected chi connectivity index (χ0v) is 13.9. The van der Waals surface area contributed by atoms with E-state index in [1.54, 1.807) is 4.90 Å². The Balaban J connectivity index is 1.74. The number of piperidine rings is 1. The molecular weight excluding hydrogens is 310 g/mol. The molecule has 0 spiro atoms. The van der Waals surface area contributed by atoms with Crippen molar-refractivity contribution in [1.29, 1.82) is 0 Å². The number of nitrogens with zero attached hydrogens (tertiary/aromatic N) is 5. The number of amides is 1. The fourth-order valence-corrected chi connectivity index (χ4v) is 2.95. The molecule has 0 N–H and O–H groups in total. The number of aromatic nitrogens is 4. The van der Waals surface area contributed by atoms with Crippen LogP contribution in [0.5, 0.6) is 0 Å². The van der Waals surface area contributed by atoms with Crippen molar-refractivity contribution >= 4 is 17.7 Å². The van der Waals surface area contributed by atoms with Gasteiger partial charge in [-0.3, -0.25) is 4.79 Å². The van der Waals surface area contributed by atoms with Gasteiger partial charge >= 0.3 is 5.97 Å². The summed E-state index contributed by atoms with van der Waals surface area (Å²) >= 11 is 0. The third-order valence-corrected chi connectivity index (χ3v) is 4.15. The number of carbonyl (C=O) groups is 2. The summed E-state index contributed by atoms with van der Waals surface area (Å²) < 4.78 is 6.76. The Bertz CT molecular complexity index is 749. The first-order chi connectivity index (χ1) is 11.6. The predicted octanol–water partition coefficient (Wildman–Crippen LogP) is 1.42. The molecule has 1 amide bonds. The highest BCUT2D eigenvalue weighted by molar-refractivity contribution is 5.92. The number of likely N-dealkylation sites (tertiary alicyclic amines) is 1. The van der Waals surface area contributed by atoms with Crippen LogP contribution in [0.4, 0.5) is 0 Å². The highest BCUT2D eigenvalue weighted by Crippen LogP contribution is 2.20. The van der Waals surface area contributed by atoms with Gasteiger partial charge in [-0.1, -0.05) is 13.8 Å². The van der Waals surface area contributed by atoms with Gasteiger partial charge in [-0.2, -0.15) is 10.1 Å². The second-order valence-electron chi connectivity index (χ2n) is 6.20. The third-order valence-electron chi connectivity index (χ3n) is 4.15. The van der Waals surface area contributed by atoms with Crippen LogP contribution in [0.1, 0.15) is 55.1 Å². The van der Waals surface area contributed by atoms with Gasteiger partial charge in [0.05, 0.1) is 11.3 Å². The van der Waals surface area contributed by atoms with Crippen LogP contribution in [0.2, 0.25) is 0 Å². The van der Waals surface area contributed by atoms with E-state index in [9.17, 15) is 9.59 Å². The molecule has 2 aromatic rings. The zero-order chi connectivity index (χ0) is 17.1. The first kappa shape index (κ1) is 16.4. The van der Waals surface area contributed by atoms with Crippen molar-refractivity contribution < 1.29 is 14.3 Å². The number of rotatable bonds is 4. The van der Waals surface area contributed by atoms with Crippen molar-refractivity contribution in [3.05, 3.63) is 23.8 Å². The molecule has 1 aliphatic rings. The molecule has 128 valence electrons. The fraction of sp³-hybridized carbons (Fsp3) is 0.562. The standard InChI is InChI=1S/C16H21N5O3/c1-11(2)14-12(8-17-16-18-10-19-21(14)16)15(23)24-9-13(22)20-6-4-3-5-7-20/h8,10-11H,3-7,9H2,1-2H3. The van der Waals surface area contributed by atoms with Crippen LogP contribution >= 0.6 is 0 Å². The van der Waals surface area contributed by atoms with Crippen LogP contribution in [-0.4, -0.2) is 56.1 Å². The lowest BCUT2D eigenvalue weighted by atomic mass is 10.1. The van der Waals surface area contributed by atoms with Gasteiger partial charge in [0.1, 0.15) is 6.33 Å². The topological polar surface area (TPSA) is 89.7 Å². The molecule has 0 radical (unpaired) electrons. The minimum absolute atomic E-state index is 0.0255. The molecule has 0 bridgehead atoms. The van der Waals surface area contributed by atoms with Gasteiger partial charge in [0, 0.05) is 19.3 Å². The minimum atomic E-state index is -0.561. The SMILES string of the molecule is CC(C)c1c(C(=O)OCC(=O)N2CCCCC2)cnc2ncnn12. The molecule has 3 heterocycles. The van der Waals surface area contributed by atoms with E-state index in [0.717, 1.165) is 32.4 Å². The first-order valence-electron chi connectivity index (χ1n) is 8.21. The van der Waals surface area contributed by atoms with Crippen molar-refractivity contribution in [2.75, 3.05) is 19.7 Å². The Morgan fingerprint density at radius 3 is 2.67 bits per heavy atom. The van der Waals surface area contributed by atoms with E-state index in [1.807, 2.05) is 13.8 Å². The van der Waals surface area contributed by atoms with E-state index < -0.39 is 5.97 Å². The summed E-state index contributed by atoms with van der Waals surface area (Å²) in [6.07, 6.45) is 5.98. The lowest BCUT2D eigenvalue weighted by molar-refractivity contribution is -0.135. The molecule has 0 atom stereocenters. The minimum Gasteiger partial charge on any atom is -0.452 e. The molecule has 24 heavy (non-hydrogen) atoms. The van der Waals surface area contributed by atoms with Crippen LogP contribution in [0.3, 0.4) is 0 Å². The van der Waals surface area contributed by atoms with E-state index in [-0.39, 0.29) is 18.4 Å². The largest absolute Gasteiger partial charge is 0.452 e. The predicted molar refractivity (Wildman–Crippen MR) is 85.6 cm³/mol. The Morgan fingerprint density at radius 1 is 1.21 bits per heavy atom. The summed E-state index contributed by atoms with van der Waals surface area (Å²) in [6, 6.07) is 0. The highest BCUT2D eigenvalue weighted by atomic mass is 16.5. The van der Waals surface area contributed by atoms with Gasteiger partial charge in [-0.15, -0.1) is 0 Å². The van der Waals surface area contributed by atoms with Crippen molar-refractivity contribution in [2.45, 2.75) is 39.0 Å². The molecule has 8 heteroatoms. The molecule has 3 rings (SSSR count). The summed E-state index contributed by atoms with van der Waals surface area (Å²) in [4.78, 5) is 34.4. The van der Waals surface area contributed by atoms with Crippen molar-refractivity contribution in [2.24, 2.45) is 0 Å². The molecular formula is C16H21N5O3. The molecule has 0 aromatic carbocycles. The van der Waals surface area contributed by atoms with Crippen molar-refractivity contribution in [3.8, 4) is 0 Å². The average molecular weight is 331 g/mol. The van der Waals surface area contributed by atoms with E-state index in [1.165, 1.54) is 17.0 Å². The summed E-state index contributed by atoms with van der Waals surface area (Å²) in [5, 5.41) is 4.11. The molecule has 1 aliphatic heterocycles. The summed E-state index contributed by atoms with van der Waals surface area (Å²) in [5.74, 6) is -0.255. The van der Waals surface area contributed by atoms with Gasteiger partial charge < -0.3 is 9.64 Å². The van der Waals surface area contributed by atoms with Crippen molar-refractivity contribution in [1.82, 2.24) is 24.5 Å². The third kappa shape index (κ3) is 3.22. The second-order valence-corrected chi connectivity index (χ2v) is 6.20. The highest BCUT2D eigenvalue weighted by Gasteiger charge is 2.23. The van der Waals surface area contributed by atoms with E-state index in [2.05, 4.69) is 15.1 Å². The van der Waals surface area contributed by atoms with Gasteiger partial charge in [-0.25, -0.2) is 14.3 Å². The van der Waals surface area contributed by atoms with E-state index in [4.69, 9.17) is 4.74 Å². The summed E-state index contributed by atoms with van der Waals surface area (Å²) in [7, 11) is 0. The Morgan fingerprint density at radius 2 is 1.96 bits per heavy atom. The number of ether oxygens (including phenoxy) is 1. The number of fused-ring (bicyclic) bond motifs is 1. The van der Waals surface area contributed by atoms with Gasteiger partial charge in [0.2, 0.25) is 0 Å². The van der Waals surface area contributed by atoms with Crippen LogP contribution < -0.4 is 0 Å². The molecule has 0 saturated carbocycles. The average Bonchev–Trinajstić information content (AvgIpc) is 3.07. The summed E-state index contributed by atoms with van der Waals surface area (Å²) in [5.41, 5.74) is 0.988. The molecule has 1 fully saturated rings. The quantitative estimate of drug-likeness (QED) is 0.787. The van der Waals surface area contributed by atoms with E-state index in [0.29, 0.717) is 17.0 Å². The number of hydrogen-bond acceptors (Lipinski definition) is 6. The number of esters is 1. The maximum atomic E-state index is 12.4. The van der Waals surface area contributed by atoms with Gasteiger partial charge in [0.25, 0.3) is 11.7 Å². The molecule has 8 nitrogen and oxygen atoms in total. The van der Waals surface area contributed by atoms with Crippen molar-refractivity contribution in [3.63, 3.8) is 0 Å². The fourth-order valence-electron chi connectivity index (χ4n) is 2.95. The number of carbonyl (C=O) groups excluding carboxylic acids is 2. The normalized spacial score (nSPS) is 15.0. The maximum absolute atomic E-state index is 12.4. The number of hydrogen-bond donors (Lipinski definition) is 0. The second kappa shape index (κ2) is 6.94. The van der Waals surface area contributed by atoms with Crippen LogP contribution in [0.25, 0.3) is 5.78 Å². The monoisotopic (exact) mass is 331 g/mol. The maximum Gasteiger partial charge on any atom is 0.342 e. The van der Waals surface area contributed by atoms with Crippen LogP contribution in [0, 0.1) is 0 Å². The van der Waals surface area contributed by atoms with Gasteiger partial charge in [-0.05, 0) is 25.2 Å². The molecule has 0 aliphatic carbocycles. The zero-order valence-electron chi connectivity index (χ0n) is 13.9. The first-order valence-corrected chi connectivity index (χ1v) is 8.21. The van der Waals surface area contributed by atoms with Gasteiger partial charge in [0.15, 0.2) is 6.61 Å². The van der Waals surface area contributed by atoms with Crippen LogP contribution in [0.15, 0.2) is 12.5 Å².